The smallest absolute Gasteiger partial charge is 0.306 e. The summed E-state index contributed by atoms with van der Waals surface area (Å²) in [6.07, 6.45) is 24.1. The van der Waals surface area contributed by atoms with E-state index in [-0.39, 0.29) is 19.6 Å². The molecule has 7 N–H and O–H groups in total. The van der Waals surface area contributed by atoms with Gasteiger partial charge in [-0.15, -0.1) is 0 Å². The van der Waals surface area contributed by atoms with E-state index in [0.717, 1.165) is 89.9 Å². The van der Waals surface area contributed by atoms with E-state index in [2.05, 4.69) is 86.8 Å². The average molecular weight is 867 g/mol. The Hall–Kier alpha value is -2.57. The molecule has 61 heavy (non-hydrogen) atoms. The second kappa shape index (κ2) is 34.9. The van der Waals surface area contributed by atoms with Gasteiger partial charge in [-0.3, -0.25) is 4.79 Å². The van der Waals surface area contributed by atoms with Gasteiger partial charge in [0.25, 0.3) is 0 Å². The van der Waals surface area contributed by atoms with Gasteiger partial charge in [-0.1, -0.05) is 106 Å². The highest BCUT2D eigenvalue weighted by Gasteiger charge is 2.47. The topological polar surface area (TPSA) is 214 Å². The lowest BCUT2D eigenvalue weighted by molar-refractivity contribution is -0.332. The molecule has 0 aliphatic carbocycles. The van der Waals surface area contributed by atoms with Crippen molar-refractivity contribution in [3.8, 4) is 0 Å². The van der Waals surface area contributed by atoms with Crippen LogP contribution in [0.3, 0.4) is 0 Å². The molecule has 0 bridgehead atoms. The molecular formula is C47H78O14. The number of allylic oxidation sites excluding steroid dienone is 12. The largest absolute Gasteiger partial charge is 0.457 e. The van der Waals surface area contributed by atoms with Crippen molar-refractivity contribution in [2.24, 2.45) is 0 Å². The summed E-state index contributed by atoms with van der Waals surface area (Å²) >= 11 is 0. The molecule has 2 rings (SSSR count). The minimum absolute atomic E-state index is 0.0298. The Labute approximate surface area is 364 Å². The van der Waals surface area contributed by atoms with Gasteiger partial charge in [0.05, 0.1) is 26.4 Å². The third-order valence-corrected chi connectivity index (χ3v) is 10.2. The maximum absolute atomic E-state index is 12.9. The van der Waals surface area contributed by atoms with Crippen LogP contribution in [0.25, 0.3) is 0 Å². The molecule has 14 nitrogen and oxygen atoms in total. The van der Waals surface area contributed by atoms with E-state index in [1.165, 1.54) is 0 Å². The predicted octanol–water partition coefficient (Wildman–Crippen LogP) is 5.17. The molecule has 0 aromatic heterocycles. The number of hydrogen-bond donors (Lipinski definition) is 7. The molecule has 2 saturated heterocycles. The van der Waals surface area contributed by atoms with E-state index >= 15 is 0 Å². The van der Waals surface area contributed by atoms with Crippen LogP contribution in [0.5, 0.6) is 0 Å². The normalized spacial score (nSPS) is 28.1. The van der Waals surface area contributed by atoms with Crippen molar-refractivity contribution in [2.45, 2.75) is 184 Å². The summed E-state index contributed by atoms with van der Waals surface area (Å²) in [4.78, 5) is 12.9. The number of esters is 1. The van der Waals surface area contributed by atoms with Gasteiger partial charge in [0.2, 0.25) is 0 Å². The second-order valence-electron chi connectivity index (χ2n) is 15.5. The van der Waals surface area contributed by atoms with Crippen molar-refractivity contribution in [3.05, 3.63) is 72.9 Å². The maximum Gasteiger partial charge on any atom is 0.306 e. The third-order valence-electron chi connectivity index (χ3n) is 10.2. The highest BCUT2D eigenvalue weighted by molar-refractivity contribution is 5.69. The average Bonchev–Trinajstić information content (AvgIpc) is 3.25. The van der Waals surface area contributed by atoms with Crippen LogP contribution in [0.4, 0.5) is 0 Å². The highest BCUT2D eigenvalue weighted by atomic mass is 16.7. The summed E-state index contributed by atoms with van der Waals surface area (Å²) in [5, 5.41) is 71.9. The highest BCUT2D eigenvalue weighted by Crippen LogP contribution is 2.26. The molecule has 0 aromatic rings. The Kier molecular flexibility index (Phi) is 31.2. The summed E-state index contributed by atoms with van der Waals surface area (Å²) < 4.78 is 34.1. The number of aliphatic hydroxyl groups excluding tert-OH is 7. The lowest BCUT2D eigenvalue weighted by Crippen LogP contribution is -2.61. The lowest BCUT2D eigenvalue weighted by atomic mass is 9.98. The third kappa shape index (κ3) is 23.6. The first-order chi connectivity index (χ1) is 29.6. The van der Waals surface area contributed by atoms with Crippen molar-refractivity contribution in [1.82, 2.24) is 0 Å². The molecule has 2 aliphatic heterocycles. The molecule has 0 radical (unpaired) electrons. The van der Waals surface area contributed by atoms with Crippen LogP contribution in [-0.4, -0.2) is 142 Å². The van der Waals surface area contributed by atoms with Gasteiger partial charge in [0.15, 0.2) is 12.6 Å². The number of rotatable bonds is 33. The summed E-state index contributed by atoms with van der Waals surface area (Å²) in [6, 6.07) is 0. The van der Waals surface area contributed by atoms with Crippen LogP contribution in [0.1, 0.15) is 117 Å². The van der Waals surface area contributed by atoms with E-state index in [4.69, 9.17) is 28.4 Å². The molecule has 11 atom stereocenters. The number of hydrogen-bond acceptors (Lipinski definition) is 14. The molecule has 2 heterocycles. The number of ether oxygens (including phenoxy) is 6. The number of carbonyl (C=O) groups excluding carboxylic acids is 1. The molecule has 11 unspecified atom stereocenters. The first kappa shape index (κ1) is 54.6. The monoisotopic (exact) mass is 867 g/mol. The van der Waals surface area contributed by atoms with Gasteiger partial charge in [0.1, 0.15) is 54.9 Å². The van der Waals surface area contributed by atoms with Crippen molar-refractivity contribution in [1.29, 1.82) is 0 Å². The number of aliphatic hydroxyl groups is 7. The zero-order chi connectivity index (χ0) is 44.5. The van der Waals surface area contributed by atoms with Crippen LogP contribution in [0.15, 0.2) is 72.9 Å². The molecule has 0 aromatic carbocycles. The van der Waals surface area contributed by atoms with Gasteiger partial charge in [-0.05, 0) is 77.0 Å². The molecule has 0 spiro atoms. The molecule has 2 fully saturated rings. The van der Waals surface area contributed by atoms with Gasteiger partial charge in [-0.2, -0.15) is 0 Å². The second-order valence-corrected chi connectivity index (χ2v) is 15.5. The summed E-state index contributed by atoms with van der Waals surface area (Å²) in [5.41, 5.74) is 0. The van der Waals surface area contributed by atoms with Crippen LogP contribution < -0.4 is 0 Å². The zero-order valence-corrected chi connectivity index (χ0v) is 36.6. The van der Waals surface area contributed by atoms with Crippen molar-refractivity contribution < 1.29 is 69.0 Å². The summed E-state index contributed by atoms with van der Waals surface area (Å²) in [6.45, 7) is 3.32. The van der Waals surface area contributed by atoms with Gasteiger partial charge in [0, 0.05) is 13.0 Å². The SMILES string of the molecule is CC/C=C\C/C=C\C/C=C\CCCCCCOCC(COC1OC(COC2OC(CO)C(O)C(O)C2O)C(O)C(O)C1O)OC(=O)CCCCC/C=C\C/C=C\C/C=C\CC. The Balaban J connectivity index is 1.85. The minimum atomic E-state index is -1.72. The van der Waals surface area contributed by atoms with E-state index in [9.17, 15) is 40.5 Å². The molecular weight excluding hydrogens is 789 g/mol. The Morgan fingerprint density at radius 1 is 0.541 bits per heavy atom. The van der Waals surface area contributed by atoms with Crippen molar-refractivity contribution in [2.75, 3.05) is 33.0 Å². The number of carbonyl (C=O) groups is 1. The first-order valence-electron chi connectivity index (χ1n) is 22.5. The van der Waals surface area contributed by atoms with Crippen LogP contribution in [0, 0.1) is 0 Å². The van der Waals surface area contributed by atoms with E-state index in [1.54, 1.807) is 0 Å². The predicted molar refractivity (Wildman–Crippen MR) is 233 cm³/mol. The fourth-order valence-corrected chi connectivity index (χ4v) is 6.55. The van der Waals surface area contributed by atoms with Crippen molar-refractivity contribution in [3.63, 3.8) is 0 Å². The molecule has 2 aliphatic rings. The van der Waals surface area contributed by atoms with Gasteiger partial charge < -0.3 is 64.2 Å². The van der Waals surface area contributed by atoms with Gasteiger partial charge >= 0.3 is 5.97 Å². The number of unbranched alkanes of at least 4 members (excludes halogenated alkanes) is 7. The Bertz CT molecular complexity index is 1280. The standard InChI is InChI=1S/C47H78O14/c1-3-5-7-9-11-13-15-17-19-21-23-25-27-29-31-56-33-36(59-39(49)30-28-26-24-22-20-18-16-14-12-10-8-6-4-2)34-57-46-45(55)43(53)41(51)38(61-46)35-58-47-44(54)42(52)40(50)37(32-48)60-47/h5-8,11-14,17-20,36-38,40-48,50-55H,3-4,9-10,15-16,21-35H2,1-2H3/b7-5-,8-6-,13-11-,14-12-,19-17-,20-18-. The van der Waals surface area contributed by atoms with E-state index < -0.39 is 86.7 Å². The summed E-state index contributed by atoms with van der Waals surface area (Å²) in [5.74, 6) is -0.418. The molecule has 0 saturated carbocycles. The zero-order valence-electron chi connectivity index (χ0n) is 36.6. The fraction of sp³-hybridized carbons (Fsp3) is 0.723. The Morgan fingerprint density at radius 3 is 1.57 bits per heavy atom. The first-order valence-corrected chi connectivity index (χ1v) is 22.5. The van der Waals surface area contributed by atoms with Crippen molar-refractivity contribution >= 4 is 5.97 Å². The molecule has 14 heteroatoms. The fourth-order valence-electron chi connectivity index (χ4n) is 6.55. The minimum Gasteiger partial charge on any atom is -0.457 e. The molecule has 0 amide bonds. The maximum atomic E-state index is 12.9. The quantitative estimate of drug-likeness (QED) is 0.0258. The van der Waals surface area contributed by atoms with E-state index in [1.807, 2.05) is 0 Å². The van der Waals surface area contributed by atoms with Crippen LogP contribution in [0.2, 0.25) is 0 Å². The van der Waals surface area contributed by atoms with Crippen LogP contribution >= 0.6 is 0 Å². The van der Waals surface area contributed by atoms with Gasteiger partial charge in [-0.25, -0.2) is 0 Å². The molecule has 350 valence electrons. The van der Waals surface area contributed by atoms with Crippen LogP contribution in [-0.2, 0) is 33.2 Å². The Morgan fingerprint density at radius 2 is 1.02 bits per heavy atom. The lowest BCUT2D eigenvalue weighted by Gasteiger charge is -2.42. The summed E-state index contributed by atoms with van der Waals surface area (Å²) in [7, 11) is 0. The van der Waals surface area contributed by atoms with E-state index in [0.29, 0.717) is 13.0 Å².